The quantitative estimate of drug-likeness (QED) is 0.318. The molecular weight excluding hydrogens is 369 g/mol. The molecule has 0 rings (SSSR count). The van der Waals surface area contributed by atoms with Gasteiger partial charge in [-0.2, -0.15) is 0 Å². The van der Waals surface area contributed by atoms with Crippen LogP contribution in [0.2, 0.25) is 75.5 Å². The lowest BCUT2D eigenvalue weighted by Crippen LogP contribution is -2.49. The maximum Gasteiger partial charge on any atom is 0.262 e. The summed E-state index contributed by atoms with van der Waals surface area (Å²) in [6.07, 6.45) is 0. The van der Waals surface area contributed by atoms with Crippen molar-refractivity contribution in [2.24, 2.45) is 0 Å². The van der Waals surface area contributed by atoms with E-state index in [0.29, 0.717) is 0 Å². The summed E-state index contributed by atoms with van der Waals surface area (Å²) in [4.78, 5) is 0. The average molecular weight is 411 g/mol. The topological polar surface area (TPSA) is 9.23 Å². The summed E-state index contributed by atoms with van der Waals surface area (Å²) in [7, 11) is -6.21. The summed E-state index contributed by atoms with van der Waals surface area (Å²) >= 11 is 0. The van der Waals surface area contributed by atoms with Crippen molar-refractivity contribution in [1.82, 2.24) is 0 Å². The lowest BCUT2D eigenvalue weighted by atomic mass is 10.8. The van der Waals surface area contributed by atoms with Gasteiger partial charge in [-0.25, -0.2) is 0 Å². The Morgan fingerprint density at radius 2 is 0.840 bits per heavy atom. The first kappa shape index (κ1) is 24.9. The zero-order valence-electron chi connectivity index (χ0n) is 18.7. The van der Waals surface area contributed by atoms with Crippen molar-refractivity contribution in [3.05, 3.63) is 0 Å². The molecule has 0 radical (unpaired) electrons. The second-order valence-electron chi connectivity index (χ2n) is 9.58. The fourth-order valence-corrected chi connectivity index (χ4v) is 12.3. The van der Waals surface area contributed by atoms with E-state index in [1.807, 2.05) is 0 Å². The monoisotopic (exact) mass is 410 g/mol. The predicted octanol–water partition coefficient (Wildman–Crippen LogP) is 6.74. The first-order valence-electron chi connectivity index (χ1n) is 10.1. The lowest BCUT2D eigenvalue weighted by molar-refractivity contribution is 0.543. The molecule has 0 amide bonds. The molecule has 0 aromatic carbocycles. The Morgan fingerprint density at radius 1 is 0.560 bits per heavy atom. The molecule has 0 saturated heterocycles. The Bertz CT molecular complexity index is 464. The smallest absolute Gasteiger partial charge is 0.262 e. The van der Waals surface area contributed by atoms with E-state index in [0.717, 1.165) is 36.3 Å². The van der Waals surface area contributed by atoms with Gasteiger partial charge in [-0.15, -0.1) is 11.8 Å². The third-order valence-corrected chi connectivity index (χ3v) is 16.0. The first-order valence-corrected chi connectivity index (χ1v) is 22.1. The number of hydrogen-bond donors (Lipinski definition) is 0. The Balaban J connectivity index is 5.58. The highest BCUT2D eigenvalue weighted by Crippen LogP contribution is 2.27. The van der Waals surface area contributed by atoms with Gasteiger partial charge in [0.15, 0.2) is 0 Å². The van der Waals surface area contributed by atoms with Crippen molar-refractivity contribution >= 4 is 32.8 Å². The van der Waals surface area contributed by atoms with Gasteiger partial charge in [-0.05, 0) is 24.2 Å². The Hall–Kier alpha value is -0.0525. The van der Waals surface area contributed by atoms with Crippen LogP contribution >= 0.6 is 0 Å². The van der Waals surface area contributed by atoms with Crippen LogP contribution in [0.5, 0.6) is 0 Å². The van der Waals surface area contributed by atoms with Crippen LogP contribution in [0.3, 0.4) is 0 Å². The zero-order valence-corrected chi connectivity index (χ0v) is 22.7. The lowest BCUT2D eigenvalue weighted by Gasteiger charge is -2.34. The summed E-state index contributed by atoms with van der Waals surface area (Å²) < 4.78 is 7.01. The molecule has 0 atom stereocenters. The highest BCUT2D eigenvalue weighted by molar-refractivity contribution is 6.94. The van der Waals surface area contributed by atoms with Crippen LogP contribution in [0, 0.1) is 22.9 Å². The first-order chi connectivity index (χ1) is 11.4. The normalized spacial score (nSPS) is 12.9. The van der Waals surface area contributed by atoms with Crippen molar-refractivity contribution in [2.45, 2.75) is 103 Å². The summed E-state index contributed by atoms with van der Waals surface area (Å²) in [6.45, 7) is 23.5. The third kappa shape index (κ3) is 10.0. The van der Waals surface area contributed by atoms with Gasteiger partial charge < -0.3 is 4.12 Å². The molecule has 0 aliphatic rings. The molecule has 0 N–H and O–H groups in total. The van der Waals surface area contributed by atoms with Crippen LogP contribution in [0.15, 0.2) is 0 Å². The van der Waals surface area contributed by atoms with Gasteiger partial charge in [0.05, 0.1) is 16.1 Å². The fraction of sp³-hybridized carbons (Fsp3) is 0.800. The molecule has 25 heavy (non-hydrogen) atoms. The molecule has 0 aromatic heterocycles. The van der Waals surface area contributed by atoms with Gasteiger partial charge in [0.25, 0.3) is 16.6 Å². The second-order valence-corrected chi connectivity index (χ2v) is 28.7. The van der Waals surface area contributed by atoms with Crippen molar-refractivity contribution in [2.75, 3.05) is 0 Å². The van der Waals surface area contributed by atoms with Gasteiger partial charge in [-0.1, -0.05) is 78.1 Å². The minimum Gasteiger partial charge on any atom is -0.437 e. The van der Waals surface area contributed by atoms with E-state index in [1.54, 1.807) is 0 Å². The van der Waals surface area contributed by atoms with E-state index in [1.165, 1.54) is 0 Å². The predicted molar refractivity (Wildman–Crippen MR) is 126 cm³/mol. The molecule has 0 unspecified atom stereocenters. The minimum atomic E-state index is -1.98. The van der Waals surface area contributed by atoms with E-state index in [9.17, 15) is 0 Å². The van der Waals surface area contributed by atoms with Crippen molar-refractivity contribution < 1.29 is 4.12 Å². The van der Waals surface area contributed by atoms with E-state index in [-0.39, 0.29) is 0 Å². The largest absolute Gasteiger partial charge is 0.437 e. The van der Waals surface area contributed by atoms with Gasteiger partial charge in [0, 0.05) is 12.1 Å². The average Bonchev–Trinajstić information content (AvgIpc) is 2.50. The van der Waals surface area contributed by atoms with Crippen molar-refractivity contribution in [3.8, 4) is 22.9 Å². The van der Waals surface area contributed by atoms with Crippen LogP contribution in [0.1, 0.15) is 27.7 Å². The Kier molecular flexibility index (Phi) is 10.3. The minimum absolute atomic E-state index is 1.08. The Morgan fingerprint density at radius 3 is 1.04 bits per heavy atom. The molecular formula is C20H42OSi4. The van der Waals surface area contributed by atoms with Crippen LogP contribution in [0.25, 0.3) is 0 Å². The summed E-state index contributed by atoms with van der Waals surface area (Å²) in [5, 5.41) is 0. The zero-order chi connectivity index (χ0) is 19.8. The highest BCUT2D eigenvalue weighted by Gasteiger charge is 2.40. The van der Waals surface area contributed by atoms with E-state index < -0.39 is 32.8 Å². The molecule has 5 heteroatoms. The summed E-state index contributed by atoms with van der Waals surface area (Å²) in [5.74, 6) is 7.10. The molecule has 0 aromatic rings. The molecule has 0 fully saturated rings. The fourth-order valence-electron chi connectivity index (χ4n) is 2.51. The Labute approximate surface area is 163 Å². The molecule has 0 saturated carbocycles. The van der Waals surface area contributed by atoms with E-state index >= 15 is 0 Å². The molecule has 1 nitrogen and oxygen atoms in total. The van der Waals surface area contributed by atoms with Gasteiger partial charge in [-0.3, -0.25) is 0 Å². The van der Waals surface area contributed by atoms with Gasteiger partial charge in [0.1, 0.15) is 0 Å². The highest BCUT2D eigenvalue weighted by atomic mass is 28.4. The van der Waals surface area contributed by atoms with Crippen LogP contribution in [0.4, 0.5) is 0 Å². The van der Waals surface area contributed by atoms with Crippen LogP contribution < -0.4 is 0 Å². The number of hydrogen-bond acceptors (Lipinski definition) is 1. The number of rotatable bonds is 8. The molecule has 0 heterocycles. The SMILES string of the molecule is CC[Si](C#CC[Si](C)(C)C)(CC)O[Si](C#CC[Si](C)(C)C)(CC)CC. The standard InChI is InChI=1S/C20H42OSi4/c1-11-24(12-2,19-15-17-22(5,6)7)21-25(13-3,14-4)20-16-18-23(8,9)10/h11-14,17-18H2,1-10H3. The molecule has 0 aliphatic heterocycles. The van der Waals surface area contributed by atoms with Crippen LogP contribution in [-0.2, 0) is 4.12 Å². The maximum absolute atomic E-state index is 7.01. The van der Waals surface area contributed by atoms with Gasteiger partial charge in [0.2, 0.25) is 0 Å². The third-order valence-electron chi connectivity index (χ3n) is 4.55. The molecule has 0 bridgehead atoms. The van der Waals surface area contributed by atoms with Crippen molar-refractivity contribution in [1.29, 1.82) is 0 Å². The van der Waals surface area contributed by atoms with Gasteiger partial charge >= 0.3 is 0 Å². The van der Waals surface area contributed by atoms with E-state index in [4.69, 9.17) is 4.12 Å². The van der Waals surface area contributed by atoms with E-state index in [2.05, 4.69) is 89.9 Å². The van der Waals surface area contributed by atoms with Crippen molar-refractivity contribution in [3.63, 3.8) is 0 Å². The summed E-state index contributed by atoms with van der Waals surface area (Å²) in [5.41, 5.74) is 7.39. The summed E-state index contributed by atoms with van der Waals surface area (Å²) in [6, 6.07) is 6.52. The molecule has 0 aliphatic carbocycles. The molecule has 144 valence electrons. The van der Waals surface area contributed by atoms with Crippen LogP contribution in [-0.4, -0.2) is 32.8 Å². The maximum atomic E-state index is 7.01. The second kappa shape index (κ2) is 10.3. The molecule has 0 spiro atoms.